The Balaban J connectivity index is 1.57. The van der Waals surface area contributed by atoms with Crippen molar-refractivity contribution in [2.45, 2.75) is 31.8 Å². The third kappa shape index (κ3) is 5.64. The van der Waals surface area contributed by atoms with Crippen molar-refractivity contribution in [2.75, 3.05) is 25.0 Å². The third-order valence-corrected chi connectivity index (χ3v) is 4.97. The summed E-state index contributed by atoms with van der Waals surface area (Å²) < 4.78 is 5.65. The van der Waals surface area contributed by atoms with Crippen LogP contribution in [-0.4, -0.2) is 47.5 Å². The Bertz CT molecular complexity index is 700. The van der Waals surface area contributed by atoms with Crippen LogP contribution in [0.5, 0.6) is 0 Å². The molecule has 1 aliphatic heterocycles. The summed E-state index contributed by atoms with van der Waals surface area (Å²) in [6.07, 6.45) is 4.62. The van der Waals surface area contributed by atoms with E-state index in [1.54, 1.807) is 16.5 Å². The van der Waals surface area contributed by atoms with Crippen LogP contribution >= 0.6 is 11.3 Å². The molecule has 2 amide bonds. The molecule has 2 aromatic rings. The molecule has 26 heavy (non-hydrogen) atoms. The Morgan fingerprint density at radius 1 is 1.31 bits per heavy atom. The number of anilines is 1. The van der Waals surface area contributed by atoms with Crippen LogP contribution in [0.2, 0.25) is 0 Å². The predicted molar refractivity (Wildman–Crippen MR) is 101 cm³/mol. The molecule has 0 spiro atoms. The number of hydrogen-bond acceptors (Lipinski definition) is 5. The van der Waals surface area contributed by atoms with Gasteiger partial charge in [-0.2, -0.15) is 0 Å². The third-order valence-electron chi connectivity index (χ3n) is 4.28. The topological polar surface area (TPSA) is 71.5 Å². The van der Waals surface area contributed by atoms with E-state index in [-0.39, 0.29) is 24.5 Å². The van der Waals surface area contributed by atoms with Gasteiger partial charge in [-0.15, -0.1) is 11.3 Å². The molecule has 1 saturated heterocycles. The van der Waals surface area contributed by atoms with E-state index >= 15 is 0 Å². The Kier molecular flexibility index (Phi) is 6.74. The molecule has 1 fully saturated rings. The lowest BCUT2D eigenvalue weighted by atomic mass is 10.1. The summed E-state index contributed by atoms with van der Waals surface area (Å²) in [6.45, 7) is 1.20. The molecule has 0 bridgehead atoms. The van der Waals surface area contributed by atoms with Crippen molar-refractivity contribution in [2.24, 2.45) is 0 Å². The largest absolute Gasteiger partial charge is 0.376 e. The Morgan fingerprint density at radius 3 is 2.85 bits per heavy atom. The lowest BCUT2D eigenvalue weighted by Crippen LogP contribution is -2.42. The zero-order valence-corrected chi connectivity index (χ0v) is 15.4. The maximum atomic E-state index is 12.7. The number of amides is 2. The predicted octanol–water partition coefficient (Wildman–Crippen LogP) is 2.72. The molecule has 2 heterocycles. The molecule has 0 radical (unpaired) electrons. The van der Waals surface area contributed by atoms with E-state index in [1.807, 2.05) is 30.3 Å². The molecule has 7 heteroatoms. The highest BCUT2D eigenvalue weighted by Crippen LogP contribution is 2.15. The first kappa shape index (κ1) is 18.5. The van der Waals surface area contributed by atoms with Crippen LogP contribution in [0.1, 0.15) is 24.8 Å². The second kappa shape index (κ2) is 9.45. The van der Waals surface area contributed by atoms with E-state index in [1.165, 1.54) is 11.3 Å². The van der Waals surface area contributed by atoms with Gasteiger partial charge in [0.05, 0.1) is 6.10 Å². The fourth-order valence-corrected chi connectivity index (χ4v) is 3.51. The fraction of sp³-hybridized carbons (Fsp3) is 0.421. The van der Waals surface area contributed by atoms with Gasteiger partial charge in [-0.1, -0.05) is 30.3 Å². The van der Waals surface area contributed by atoms with E-state index in [4.69, 9.17) is 4.74 Å². The minimum Gasteiger partial charge on any atom is -0.376 e. The molecule has 1 N–H and O–H groups in total. The molecule has 6 nitrogen and oxygen atoms in total. The number of ether oxygens (including phenoxy) is 1. The SMILES string of the molecule is O=C(CN(CC1CCCO1)C(=O)CCc1ccccc1)Nc1nccs1. The van der Waals surface area contributed by atoms with E-state index in [9.17, 15) is 9.59 Å². The van der Waals surface area contributed by atoms with Gasteiger partial charge in [0, 0.05) is 31.1 Å². The van der Waals surface area contributed by atoms with Crippen molar-refractivity contribution in [3.63, 3.8) is 0 Å². The smallest absolute Gasteiger partial charge is 0.245 e. The van der Waals surface area contributed by atoms with Crippen molar-refractivity contribution in [3.8, 4) is 0 Å². The highest BCUT2D eigenvalue weighted by atomic mass is 32.1. The molecule has 1 aromatic heterocycles. The maximum absolute atomic E-state index is 12.7. The van der Waals surface area contributed by atoms with Crippen molar-refractivity contribution >= 4 is 28.3 Å². The summed E-state index contributed by atoms with van der Waals surface area (Å²) in [5, 5.41) is 5.08. The van der Waals surface area contributed by atoms with Crippen LogP contribution in [0.4, 0.5) is 5.13 Å². The van der Waals surface area contributed by atoms with Crippen LogP contribution in [0, 0.1) is 0 Å². The summed E-state index contributed by atoms with van der Waals surface area (Å²) in [4.78, 5) is 30.7. The van der Waals surface area contributed by atoms with E-state index in [0.717, 1.165) is 25.0 Å². The standard InChI is InChI=1S/C19H23N3O3S/c23-17(21-19-20-10-12-26-19)14-22(13-16-7-4-11-25-16)18(24)9-8-15-5-2-1-3-6-15/h1-3,5-6,10,12,16H,4,7-9,11,13-14H2,(H,20,21,23). The van der Waals surface area contributed by atoms with Crippen molar-refractivity contribution in [3.05, 3.63) is 47.5 Å². The van der Waals surface area contributed by atoms with Crippen LogP contribution in [-0.2, 0) is 20.7 Å². The highest BCUT2D eigenvalue weighted by Gasteiger charge is 2.24. The molecule has 138 valence electrons. The lowest BCUT2D eigenvalue weighted by molar-refractivity contribution is -0.136. The Hall–Kier alpha value is -2.25. The van der Waals surface area contributed by atoms with E-state index in [0.29, 0.717) is 24.5 Å². The molecule has 1 atom stereocenters. The number of benzene rings is 1. The molecule has 0 saturated carbocycles. The van der Waals surface area contributed by atoms with Crippen LogP contribution in [0.15, 0.2) is 41.9 Å². The van der Waals surface area contributed by atoms with Crippen molar-refractivity contribution in [1.82, 2.24) is 9.88 Å². The summed E-state index contributed by atoms with van der Waals surface area (Å²) in [5.74, 6) is -0.260. The van der Waals surface area contributed by atoms with Gasteiger partial charge >= 0.3 is 0 Å². The Labute approximate surface area is 157 Å². The van der Waals surface area contributed by atoms with E-state index < -0.39 is 0 Å². The number of nitrogens with one attached hydrogen (secondary N) is 1. The zero-order chi connectivity index (χ0) is 18.2. The van der Waals surface area contributed by atoms with Crippen molar-refractivity contribution < 1.29 is 14.3 Å². The van der Waals surface area contributed by atoms with Gasteiger partial charge in [-0.25, -0.2) is 4.98 Å². The molecular weight excluding hydrogens is 350 g/mol. The number of aromatic nitrogens is 1. The fourth-order valence-electron chi connectivity index (χ4n) is 2.96. The molecule has 0 aliphatic carbocycles. The van der Waals surface area contributed by atoms with Gasteiger partial charge in [0.1, 0.15) is 6.54 Å². The highest BCUT2D eigenvalue weighted by molar-refractivity contribution is 7.13. The van der Waals surface area contributed by atoms with Gasteiger partial charge < -0.3 is 15.0 Å². The number of aryl methyl sites for hydroxylation is 1. The van der Waals surface area contributed by atoms with Crippen LogP contribution in [0.25, 0.3) is 0 Å². The molecule has 1 aromatic carbocycles. The zero-order valence-electron chi connectivity index (χ0n) is 14.6. The summed E-state index contributed by atoms with van der Waals surface area (Å²) >= 11 is 1.36. The average molecular weight is 373 g/mol. The number of thiazole rings is 1. The van der Waals surface area contributed by atoms with Gasteiger partial charge in [-0.05, 0) is 24.8 Å². The number of nitrogens with zero attached hydrogens (tertiary/aromatic N) is 2. The summed E-state index contributed by atoms with van der Waals surface area (Å²) in [6, 6.07) is 9.90. The van der Waals surface area contributed by atoms with Crippen LogP contribution in [0.3, 0.4) is 0 Å². The maximum Gasteiger partial charge on any atom is 0.245 e. The van der Waals surface area contributed by atoms with Crippen molar-refractivity contribution in [1.29, 1.82) is 0 Å². The average Bonchev–Trinajstić information content (AvgIpc) is 3.34. The monoisotopic (exact) mass is 373 g/mol. The molecular formula is C19H23N3O3S. The number of rotatable bonds is 8. The van der Waals surface area contributed by atoms with E-state index in [2.05, 4.69) is 10.3 Å². The number of hydrogen-bond donors (Lipinski definition) is 1. The van der Waals surface area contributed by atoms with Gasteiger partial charge in [-0.3, -0.25) is 9.59 Å². The van der Waals surface area contributed by atoms with Gasteiger partial charge in [0.2, 0.25) is 11.8 Å². The first-order chi connectivity index (χ1) is 12.7. The minimum atomic E-state index is -0.231. The summed E-state index contributed by atoms with van der Waals surface area (Å²) in [5.41, 5.74) is 1.12. The van der Waals surface area contributed by atoms with Gasteiger partial charge in [0.15, 0.2) is 5.13 Å². The second-order valence-corrected chi connectivity index (χ2v) is 7.17. The quantitative estimate of drug-likeness (QED) is 0.772. The Morgan fingerprint density at radius 2 is 2.15 bits per heavy atom. The first-order valence-electron chi connectivity index (χ1n) is 8.83. The molecule has 1 aliphatic rings. The minimum absolute atomic E-state index is 0.0170. The molecule has 1 unspecified atom stereocenters. The number of carbonyl (C=O) groups is 2. The summed E-state index contributed by atoms with van der Waals surface area (Å²) in [7, 11) is 0. The lowest BCUT2D eigenvalue weighted by Gasteiger charge is -2.25. The number of carbonyl (C=O) groups excluding carboxylic acids is 2. The molecule has 3 rings (SSSR count). The first-order valence-corrected chi connectivity index (χ1v) is 9.71. The second-order valence-electron chi connectivity index (χ2n) is 6.28. The normalized spacial score (nSPS) is 16.4. The van der Waals surface area contributed by atoms with Gasteiger partial charge in [0.25, 0.3) is 0 Å². The van der Waals surface area contributed by atoms with Crippen LogP contribution < -0.4 is 5.32 Å².